The van der Waals surface area contributed by atoms with Crippen molar-refractivity contribution in [3.63, 3.8) is 0 Å². The minimum Gasteiger partial charge on any atom is -0.312 e. The molecule has 1 rings (SSSR count). The standard InChI is InChI=1S/C5H8NO/c7-5-1-3-6-4-2-5/h3,6H,1-2,4H2. The lowest BCUT2D eigenvalue weighted by Crippen LogP contribution is -2.23. The van der Waals surface area contributed by atoms with Crippen LogP contribution in [0.4, 0.5) is 0 Å². The molecule has 1 radical (unpaired) electrons. The number of ketones is 1. The number of nitrogens with one attached hydrogen (secondary N) is 1. The molecule has 0 aromatic heterocycles. The van der Waals surface area contributed by atoms with Crippen molar-refractivity contribution in [3.8, 4) is 0 Å². The summed E-state index contributed by atoms with van der Waals surface area (Å²) in [5.41, 5.74) is 0. The average Bonchev–Trinajstić information content (AvgIpc) is 1.69. The van der Waals surface area contributed by atoms with Gasteiger partial charge in [-0.3, -0.25) is 4.79 Å². The molecular formula is C5H8NO. The second kappa shape index (κ2) is 2.07. The maximum atomic E-state index is 10.4. The van der Waals surface area contributed by atoms with Gasteiger partial charge in [0.15, 0.2) is 0 Å². The summed E-state index contributed by atoms with van der Waals surface area (Å²) in [6.07, 6.45) is 1.32. The van der Waals surface area contributed by atoms with E-state index in [0.717, 1.165) is 6.54 Å². The van der Waals surface area contributed by atoms with Crippen LogP contribution in [0.2, 0.25) is 0 Å². The number of hydrogen-bond donors (Lipinski definition) is 1. The molecule has 0 aliphatic carbocycles. The molecule has 2 heteroatoms. The number of Topliss-reactive ketones (excluding diaryl/α,β-unsaturated/α-hetero) is 1. The van der Waals surface area contributed by atoms with Gasteiger partial charge in [-0.2, -0.15) is 0 Å². The fourth-order valence-electron chi connectivity index (χ4n) is 0.602. The van der Waals surface area contributed by atoms with Crippen molar-refractivity contribution in [2.45, 2.75) is 12.8 Å². The number of carbonyl (C=O) groups excluding carboxylic acids is 1. The zero-order valence-corrected chi connectivity index (χ0v) is 4.11. The maximum Gasteiger partial charge on any atom is 0.135 e. The van der Waals surface area contributed by atoms with Crippen LogP contribution in [0.1, 0.15) is 12.8 Å². The normalized spacial score (nSPS) is 22.6. The summed E-state index contributed by atoms with van der Waals surface area (Å²) in [5.74, 6) is 0.346. The van der Waals surface area contributed by atoms with E-state index < -0.39 is 0 Å². The third-order valence-electron chi connectivity index (χ3n) is 1.02. The van der Waals surface area contributed by atoms with Crippen molar-refractivity contribution in [1.29, 1.82) is 0 Å². The highest BCUT2D eigenvalue weighted by Crippen LogP contribution is 1.95. The fourth-order valence-corrected chi connectivity index (χ4v) is 0.602. The van der Waals surface area contributed by atoms with Crippen LogP contribution in [0.25, 0.3) is 0 Å². The zero-order chi connectivity index (χ0) is 5.11. The van der Waals surface area contributed by atoms with Gasteiger partial charge in [0.1, 0.15) is 5.78 Å². The Morgan fingerprint density at radius 3 is 2.86 bits per heavy atom. The SMILES string of the molecule is O=C1C[CH]NCC1. The highest BCUT2D eigenvalue weighted by molar-refractivity contribution is 5.80. The van der Waals surface area contributed by atoms with E-state index >= 15 is 0 Å². The summed E-state index contributed by atoms with van der Waals surface area (Å²) in [5, 5.41) is 2.97. The average molecular weight is 98.1 g/mol. The predicted octanol–water partition coefficient (Wildman–Crippen LogP) is 0.101. The van der Waals surface area contributed by atoms with Crippen LogP contribution in [0.5, 0.6) is 0 Å². The molecule has 39 valence electrons. The summed E-state index contributed by atoms with van der Waals surface area (Å²) in [6, 6.07) is 0. The van der Waals surface area contributed by atoms with Crippen LogP contribution in [-0.4, -0.2) is 12.3 Å². The first-order valence-electron chi connectivity index (χ1n) is 2.46. The van der Waals surface area contributed by atoms with Crippen molar-refractivity contribution in [3.05, 3.63) is 6.54 Å². The maximum absolute atomic E-state index is 10.4. The minimum atomic E-state index is 0.346. The van der Waals surface area contributed by atoms with Crippen LogP contribution < -0.4 is 5.32 Å². The molecule has 1 N–H and O–H groups in total. The molecule has 0 unspecified atom stereocenters. The van der Waals surface area contributed by atoms with E-state index in [4.69, 9.17) is 0 Å². The number of carbonyl (C=O) groups is 1. The lowest BCUT2D eigenvalue weighted by Gasteiger charge is -2.07. The molecular weight excluding hydrogens is 90.1 g/mol. The molecule has 0 amide bonds. The Labute approximate surface area is 42.9 Å². The van der Waals surface area contributed by atoms with Crippen LogP contribution in [0.15, 0.2) is 0 Å². The molecule has 1 fully saturated rings. The Morgan fingerprint density at radius 1 is 1.71 bits per heavy atom. The topological polar surface area (TPSA) is 29.1 Å². The smallest absolute Gasteiger partial charge is 0.135 e. The van der Waals surface area contributed by atoms with Gasteiger partial charge in [-0.25, -0.2) is 0 Å². The van der Waals surface area contributed by atoms with Gasteiger partial charge in [0.05, 0.1) is 0 Å². The van der Waals surface area contributed by atoms with Crippen molar-refractivity contribution in [1.82, 2.24) is 5.32 Å². The quantitative estimate of drug-likeness (QED) is 0.465. The lowest BCUT2D eigenvalue weighted by molar-refractivity contribution is -0.119. The Balaban J connectivity index is 2.25. The Morgan fingerprint density at radius 2 is 2.57 bits per heavy atom. The second-order valence-corrected chi connectivity index (χ2v) is 1.65. The van der Waals surface area contributed by atoms with E-state index in [2.05, 4.69) is 5.32 Å². The third-order valence-corrected chi connectivity index (χ3v) is 1.02. The molecule has 7 heavy (non-hydrogen) atoms. The molecule has 1 heterocycles. The van der Waals surface area contributed by atoms with E-state index in [1.54, 1.807) is 0 Å². The van der Waals surface area contributed by atoms with E-state index in [0.29, 0.717) is 18.6 Å². The van der Waals surface area contributed by atoms with Crippen molar-refractivity contribution >= 4 is 5.78 Å². The summed E-state index contributed by atoms with van der Waals surface area (Å²) in [6.45, 7) is 2.64. The van der Waals surface area contributed by atoms with Gasteiger partial charge < -0.3 is 5.32 Å². The van der Waals surface area contributed by atoms with Crippen LogP contribution in [0.3, 0.4) is 0 Å². The first kappa shape index (κ1) is 4.78. The van der Waals surface area contributed by atoms with E-state index in [1.165, 1.54) is 0 Å². The highest BCUT2D eigenvalue weighted by atomic mass is 16.1. The molecule has 1 aliphatic heterocycles. The van der Waals surface area contributed by atoms with Gasteiger partial charge in [-0.1, -0.05) is 0 Å². The number of hydrogen-bond acceptors (Lipinski definition) is 2. The predicted molar refractivity (Wildman–Crippen MR) is 26.5 cm³/mol. The van der Waals surface area contributed by atoms with Crippen molar-refractivity contribution in [2.75, 3.05) is 6.54 Å². The largest absolute Gasteiger partial charge is 0.312 e. The van der Waals surface area contributed by atoms with Gasteiger partial charge in [-0.05, 0) is 0 Å². The van der Waals surface area contributed by atoms with Gasteiger partial charge in [0.25, 0.3) is 0 Å². The fraction of sp³-hybridized carbons (Fsp3) is 0.600. The molecule has 0 bridgehead atoms. The van der Waals surface area contributed by atoms with Crippen LogP contribution in [0, 0.1) is 6.54 Å². The summed E-state index contributed by atoms with van der Waals surface area (Å²) in [7, 11) is 0. The highest BCUT2D eigenvalue weighted by Gasteiger charge is 2.05. The van der Waals surface area contributed by atoms with Gasteiger partial charge >= 0.3 is 0 Å². The molecule has 0 aromatic carbocycles. The summed E-state index contributed by atoms with van der Waals surface area (Å²) >= 11 is 0. The van der Waals surface area contributed by atoms with Crippen molar-refractivity contribution in [2.24, 2.45) is 0 Å². The first-order valence-corrected chi connectivity index (χ1v) is 2.46. The molecule has 0 aromatic rings. The summed E-state index contributed by atoms with van der Waals surface area (Å²) in [4.78, 5) is 10.4. The Kier molecular flexibility index (Phi) is 1.42. The summed E-state index contributed by atoms with van der Waals surface area (Å²) < 4.78 is 0. The van der Waals surface area contributed by atoms with E-state index in [1.807, 2.05) is 6.54 Å². The monoisotopic (exact) mass is 98.1 g/mol. The third kappa shape index (κ3) is 1.27. The Bertz CT molecular complexity index is 72.1. The minimum absolute atomic E-state index is 0.346. The van der Waals surface area contributed by atoms with Gasteiger partial charge in [-0.15, -0.1) is 0 Å². The van der Waals surface area contributed by atoms with Gasteiger partial charge in [0, 0.05) is 25.9 Å². The molecule has 2 nitrogen and oxygen atoms in total. The Hall–Kier alpha value is -0.370. The molecule has 1 saturated heterocycles. The molecule has 1 aliphatic rings. The lowest BCUT2D eigenvalue weighted by atomic mass is 10.1. The molecule has 0 saturated carbocycles. The second-order valence-electron chi connectivity index (χ2n) is 1.65. The number of piperidine rings is 1. The molecule has 0 spiro atoms. The number of rotatable bonds is 0. The van der Waals surface area contributed by atoms with Crippen LogP contribution in [-0.2, 0) is 4.79 Å². The van der Waals surface area contributed by atoms with Crippen LogP contribution >= 0.6 is 0 Å². The van der Waals surface area contributed by atoms with Gasteiger partial charge in [0.2, 0.25) is 0 Å². The van der Waals surface area contributed by atoms with E-state index in [9.17, 15) is 4.79 Å². The van der Waals surface area contributed by atoms with E-state index in [-0.39, 0.29) is 0 Å². The zero-order valence-electron chi connectivity index (χ0n) is 4.11. The molecule has 0 atom stereocenters. The first-order chi connectivity index (χ1) is 3.39. The van der Waals surface area contributed by atoms with Crippen molar-refractivity contribution < 1.29 is 4.79 Å².